The van der Waals surface area contributed by atoms with Crippen LogP contribution in [-0.4, -0.2) is 52.6 Å². The van der Waals surface area contributed by atoms with Crippen molar-refractivity contribution in [3.05, 3.63) is 34.9 Å². The molecule has 5 nitrogen and oxygen atoms in total. The van der Waals surface area contributed by atoms with E-state index in [1.807, 2.05) is 62.6 Å². The van der Waals surface area contributed by atoms with E-state index in [2.05, 4.69) is 0 Å². The van der Waals surface area contributed by atoms with Crippen molar-refractivity contribution in [3.8, 4) is 0 Å². The van der Waals surface area contributed by atoms with Gasteiger partial charge in [-0.1, -0.05) is 17.7 Å². The molecule has 0 spiro atoms. The number of hydrogen-bond donors (Lipinski definition) is 0. The molecule has 1 aromatic rings. The minimum absolute atomic E-state index is 0.0586. The first kappa shape index (κ1) is 17.8. The van der Waals surface area contributed by atoms with Gasteiger partial charge in [0.1, 0.15) is 5.60 Å². The van der Waals surface area contributed by atoms with Crippen molar-refractivity contribution in [3.63, 3.8) is 0 Å². The van der Waals surface area contributed by atoms with Gasteiger partial charge in [0.2, 0.25) is 0 Å². The molecule has 0 saturated carbocycles. The number of amides is 2. The number of aryl methyl sites for hydroxylation is 2. The van der Waals surface area contributed by atoms with Gasteiger partial charge in [0.05, 0.1) is 12.1 Å². The predicted octanol–water partition coefficient (Wildman–Crippen LogP) is 3.53. The maximum absolute atomic E-state index is 12.9. The molecule has 2 heterocycles. The number of benzene rings is 1. The minimum Gasteiger partial charge on any atom is -0.444 e. The number of ether oxygens (including phenoxy) is 1. The standard InChI is InChI=1S/C20H28N2O3/c1-13-6-9-17(14(2)10-13)18(23)21-11-15-7-8-16(12-21)22(15)19(24)25-20(3,4)5/h6,9-10,15-16H,7-8,11-12H2,1-5H3. The average Bonchev–Trinajstić information content (AvgIpc) is 2.75. The Kier molecular flexibility index (Phi) is 4.52. The van der Waals surface area contributed by atoms with Gasteiger partial charge < -0.3 is 9.64 Å². The highest BCUT2D eigenvalue weighted by Crippen LogP contribution is 2.32. The maximum Gasteiger partial charge on any atom is 0.410 e. The van der Waals surface area contributed by atoms with Crippen LogP contribution in [-0.2, 0) is 4.74 Å². The Balaban J connectivity index is 1.73. The van der Waals surface area contributed by atoms with Crippen LogP contribution in [0, 0.1) is 13.8 Å². The number of nitrogens with zero attached hydrogens (tertiary/aromatic N) is 2. The van der Waals surface area contributed by atoms with Gasteiger partial charge in [-0.3, -0.25) is 9.69 Å². The van der Waals surface area contributed by atoms with Crippen LogP contribution >= 0.6 is 0 Å². The summed E-state index contributed by atoms with van der Waals surface area (Å²) < 4.78 is 5.55. The average molecular weight is 344 g/mol. The fraction of sp³-hybridized carbons (Fsp3) is 0.600. The third-order valence-corrected chi connectivity index (χ3v) is 4.99. The molecule has 2 amide bonds. The van der Waals surface area contributed by atoms with Crippen LogP contribution in [0.2, 0.25) is 0 Å². The van der Waals surface area contributed by atoms with Crippen LogP contribution in [0.5, 0.6) is 0 Å². The molecule has 1 aromatic carbocycles. The van der Waals surface area contributed by atoms with Gasteiger partial charge in [-0.25, -0.2) is 4.79 Å². The smallest absolute Gasteiger partial charge is 0.410 e. The Hall–Kier alpha value is -2.04. The molecule has 0 aromatic heterocycles. The molecule has 2 saturated heterocycles. The Morgan fingerprint density at radius 1 is 1.08 bits per heavy atom. The lowest BCUT2D eigenvalue weighted by molar-refractivity contribution is -0.00337. The molecule has 25 heavy (non-hydrogen) atoms. The van der Waals surface area contributed by atoms with E-state index >= 15 is 0 Å². The monoisotopic (exact) mass is 344 g/mol. The highest BCUT2D eigenvalue weighted by molar-refractivity contribution is 5.96. The molecule has 2 bridgehead atoms. The van der Waals surface area contributed by atoms with E-state index in [1.165, 1.54) is 0 Å². The molecule has 2 aliphatic rings. The van der Waals surface area contributed by atoms with E-state index in [0.717, 1.165) is 29.5 Å². The van der Waals surface area contributed by atoms with E-state index in [4.69, 9.17) is 4.74 Å². The lowest BCUT2D eigenvalue weighted by atomic mass is 10.0. The molecule has 0 N–H and O–H groups in total. The lowest BCUT2D eigenvalue weighted by Gasteiger charge is -2.41. The topological polar surface area (TPSA) is 49.9 Å². The number of fused-ring (bicyclic) bond motifs is 2. The van der Waals surface area contributed by atoms with Crippen molar-refractivity contribution in [2.75, 3.05) is 13.1 Å². The van der Waals surface area contributed by atoms with Gasteiger partial charge in [-0.2, -0.15) is 0 Å². The first-order valence-corrected chi connectivity index (χ1v) is 9.03. The SMILES string of the molecule is Cc1ccc(C(=O)N2CC3CCC(C2)N3C(=O)OC(C)(C)C)c(C)c1. The van der Waals surface area contributed by atoms with E-state index in [9.17, 15) is 9.59 Å². The van der Waals surface area contributed by atoms with Crippen molar-refractivity contribution >= 4 is 12.0 Å². The van der Waals surface area contributed by atoms with Crippen molar-refractivity contribution in [1.82, 2.24) is 9.80 Å². The Morgan fingerprint density at radius 2 is 1.68 bits per heavy atom. The lowest BCUT2D eigenvalue weighted by Crippen LogP contribution is -2.57. The van der Waals surface area contributed by atoms with Crippen molar-refractivity contribution < 1.29 is 14.3 Å². The van der Waals surface area contributed by atoms with Crippen LogP contribution in [0.15, 0.2) is 18.2 Å². The van der Waals surface area contributed by atoms with Gasteiger partial charge in [-0.15, -0.1) is 0 Å². The molecule has 2 fully saturated rings. The number of rotatable bonds is 1. The molecule has 2 atom stereocenters. The first-order chi connectivity index (χ1) is 11.7. The van der Waals surface area contributed by atoms with Crippen LogP contribution < -0.4 is 0 Å². The Morgan fingerprint density at radius 3 is 2.20 bits per heavy atom. The van der Waals surface area contributed by atoms with Gasteiger partial charge in [-0.05, 0) is 59.1 Å². The number of carbonyl (C=O) groups excluding carboxylic acids is 2. The van der Waals surface area contributed by atoms with Crippen LogP contribution in [0.4, 0.5) is 4.79 Å². The molecule has 5 heteroatoms. The fourth-order valence-electron chi connectivity index (χ4n) is 3.91. The highest BCUT2D eigenvalue weighted by Gasteiger charge is 2.45. The number of likely N-dealkylation sites (tertiary alicyclic amines) is 1. The fourth-order valence-corrected chi connectivity index (χ4v) is 3.91. The molecule has 136 valence electrons. The number of piperazine rings is 1. The van der Waals surface area contributed by atoms with Crippen LogP contribution in [0.1, 0.15) is 55.1 Å². The largest absolute Gasteiger partial charge is 0.444 e. The minimum atomic E-state index is -0.498. The second-order valence-corrected chi connectivity index (χ2v) is 8.30. The second kappa shape index (κ2) is 6.36. The molecule has 0 aliphatic carbocycles. The number of hydrogen-bond acceptors (Lipinski definition) is 3. The molecule has 2 aliphatic heterocycles. The molecular weight excluding hydrogens is 316 g/mol. The van der Waals surface area contributed by atoms with E-state index < -0.39 is 5.60 Å². The zero-order chi connectivity index (χ0) is 18.4. The third kappa shape index (κ3) is 3.65. The first-order valence-electron chi connectivity index (χ1n) is 9.03. The zero-order valence-electron chi connectivity index (χ0n) is 15.8. The predicted molar refractivity (Wildman–Crippen MR) is 96.7 cm³/mol. The van der Waals surface area contributed by atoms with Gasteiger partial charge >= 0.3 is 6.09 Å². The normalized spacial score (nSPS) is 22.9. The van der Waals surface area contributed by atoms with Crippen molar-refractivity contribution in [1.29, 1.82) is 0 Å². The number of carbonyl (C=O) groups is 2. The van der Waals surface area contributed by atoms with E-state index in [1.54, 1.807) is 0 Å². The van der Waals surface area contributed by atoms with Gasteiger partial charge in [0, 0.05) is 18.7 Å². The summed E-state index contributed by atoms with van der Waals surface area (Å²) in [4.78, 5) is 29.2. The highest BCUT2D eigenvalue weighted by atomic mass is 16.6. The summed E-state index contributed by atoms with van der Waals surface area (Å²) in [6, 6.07) is 6.05. The molecule has 3 rings (SSSR count). The Labute approximate surface area is 149 Å². The molecule has 2 unspecified atom stereocenters. The van der Waals surface area contributed by atoms with Crippen LogP contribution in [0.3, 0.4) is 0 Å². The third-order valence-electron chi connectivity index (χ3n) is 4.99. The summed E-state index contributed by atoms with van der Waals surface area (Å²) in [5.41, 5.74) is 2.43. The summed E-state index contributed by atoms with van der Waals surface area (Å²) in [6.45, 7) is 10.8. The molecule has 0 radical (unpaired) electrons. The summed E-state index contributed by atoms with van der Waals surface area (Å²) in [5.74, 6) is 0.0678. The summed E-state index contributed by atoms with van der Waals surface area (Å²) in [7, 11) is 0. The zero-order valence-corrected chi connectivity index (χ0v) is 15.8. The van der Waals surface area contributed by atoms with E-state index in [0.29, 0.717) is 13.1 Å². The van der Waals surface area contributed by atoms with E-state index in [-0.39, 0.29) is 24.1 Å². The quantitative estimate of drug-likeness (QED) is 0.783. The summed E-state index contributed by atoms with van der Waals surface area (Å²) in [5, 5.41) is 0. The second-order valence-electron chi connectivity index (χ2n) is 8.30. The van der Waals surface area contributed by atoms with Crippen LogP contribution in [0.25, 0.3) is 0 Å². The summed E-state index contributed by atoms with van der Waals surface area (Å²) in [6.07, 6.45) is 1.61. The van der Waals surface area contributed by atoms with Gasteiger partial charge in [0.15, 0.2) is 0 Å². The van der Waals surface area contributed by atoms with Gasteiger partial charge in [0.25, 0.3) is 5.91 Å². The van der Waals surface area contributed by atoms with Crippen molar-refractivity contribution in [2.45, 2.75) is 65.1 Å². The molecular formula is C20H28N2O3. The maximum atomic E-state index is 12.9. The Bertz CT molecular complexity index is 679. The summed E-state index contributed by atoms with van der Waals surface area (Å²) >= 11 is 0. The van der Waals surface area contributed by atoms with Crippen molar-refractivity contribution in [2.24, 2.45) is 0 Å².